The third-order valence-electron chi connectivity index (χ3n) is 4.61. The van der Waals surface area contributed by atoms with Gasteiger partial charge in [-0.1, -0.05) is 0 Å². The predicted octanol–water partition coefficient (Wildman–Crippen LogP) is 1.54. The van der Waals surface area contributed by atoms with Crippen LogP contribution in [-0.2, 0) is 11.8 Å². The van der Waals surface area contributed by atoms with Gasteiger partial charge in [-0.25, -0.2) is 9.67 Å². The molecule has 0 unspecified atom stereocenters. The Bertz CT molecular complexity index is 954. The van der Waals surface area contributed by atoms with E-state index in [0.29, 0.717) is 37.9 Å². The van der Waals surface area contributed by atoms with Gasteiger partial charge in [-0.05, 0) is 18.6 Å². The highest BCUT2D eigenvalue weighted by atomic mass is 16.5. The third kappa shape index (κ3) is 3.61. The molecule has 3 aromatic rings. The summed E-state index contributed by atoms with van der Waals surface area (Å²) in [6, 6.07) is 5.42. The second-order valence-electron chi connectivity index (χ2n) is 6.55. The third-order valence-corrected chi connectivity index (χ3v) is 4.61. The molecule has 1 aliphatic heterocycles. The molecule has 1 saturated heterocycles. The van der Waals surface area contributed by atoms with Crippen LogP contribution in [0.5, 0.6) is 5.88 Å². The Labute approximate surface area is 162 Å². The normalized spacial score (nSPS) is 14.7. The summed E-state index contributed by atoms with van der Waals surface area (Å²) in [6.07, 6.45) is 6.13. The molecule has 146 valence electrons. The number of ether oxygens (including phenoxy) is 2. The molecular formula is C19H22N6O3. The monoisotopic (exact) mass is 382 g/mol. The predicted molar refractivity (Wildman–Crippen MR) is 101 cm³/mol. The molecule has 0 saturated carbocycles. The van der Waals surface area contributed by atoms with Crippen LogP contribution in [0.2, 0.25) is 0 Å². The molecule has 0 aliphatic carbocycles. The van der Waals surface area contributed by atoms with E-state index in [0.717, 1.165) is 23.4 Å². The van der Waals surface area contributed by atoms with E-state index in [1.807, 2.05) is 19.3 Å². The maximum Gasteiger partial charge on any atom is 0.274 e. The number of methoxy groups -OCH3 is 1. The molecule has 4 rings (SSSR count). The smallest absolute Gasteiger partial charge is 0.274 e. The minimum absolute atomic E-state index is 0.101. The Kier molecular flexibility index (Phi) is 5.07. The minimum atomic E-state index is -0.101. The molecule has 1 aliphatic rings. The van der Waals surface area contributed by atoms with E-state index >= 15 is 0 Å². The van der Waals surface area contributed by atoms with E-state index < -0.39 is 0 Å². The molecule has 3 aromatic heterocycles. The molecule has 9 heteroatoms. The molecule has 0 atom stereocenters. The van der Waals surface area contributed by atoms with Gasteiger partial charge in [0.15, 0.2) is 5.69 Å². The first kappa shape index (κ1) is 18.2. The van der Waals surface area contributed by atoms with Crippen LogP contribution in [0.4, 0.5) is 0 Å². The van der Waals surface area contributed by atoms with Gasteiger partial charge in [0, 0.05) is 44.6 Å². The summed E-state index contributed by atoms with van der Waals surface area (Å²) in [5.74, 6) is 0.413. The zero-order valence-corrected chi connectivity index (χ0v) is 15.9. The van der Waals surface area contributed by atoms with E-state index in [-0.39, 0.29) is 5.91 Å². The maximum atomic E-state index is 13.0. The lowest BCUT2D eigenvalue weighted by Gasteiger charge is -2.17. The molecule has 0 N–H and O–H groups in total. The van der Waals surface area contributed by atoms with Crippen molar-refractivity contribution in [1.82, 2.24) is 29.4 Å². The number of aryl methyl sites for hydroxylation is 1. The van der Waals surface area contributed by atoms with Crippen LogP contribution < -0.4 is 4.74 Å². The fourth-order valence-corrected chi connectivity index (χ4v) is 3.17. The average Bonchev–Trinajstić information content (AvgIpc) is 3.25. The Balaban J connectivity index is 1.74. The molecule has 1 amide bonds. The van der Waals surface area contributed by atoms with Crippen LogP contribution in [0.3, 0.4) is 0 Å². The van der Waals surface area contributed by atoms with E-state index in [2.05, 4.69) is 15.2 Å². The Morgan fingerprint density at radius 3 is 2.82 bits per heavy atom. The summed E-state index contributed by atoms with van der Waals surface area (Å²) in [4.78, 5) is 19.1. The van der Waals surface area contributed by atoms with E-state index in [1.165, 1.54) is 0 Å². The van der Waals surface area contributed by atoms with Crippen molar-refractivity contribution >= 4 is 5.91 Å². The van der Waals surface area contributed by atoms with Crippen molar-refractivity contribution in [2.75, 3.05) is 33.4 Å². The van der Waals surface area contributed by atoms with Gasteiger partial charge in [0.2, 0.25) is 5.88 Å². The number of carbonyl (C=O) groups excluding carboxylic acids is 1. The van der Waals surface area contributed by atoms with Gasteiger partial charge in [-0.15, -0.1) is 0 Å². The number of aromatic nitrogens is 5. The van der Waals surface area contributed by atoms with E-state index in [1.54, 1.807) is 45.9 Å². The number of hydrogen-bond donors (Lipinski definition) is 0. The number of amides is 1. The van der Waals surface area contributed by atoms with Crippen molar-refractivity contribution in [3.05, 3.63) is 42.5 Å². The van der Waals surface area contributed by atoms with Crippen molar-refractivity contribution in [2.45, 2.75) is 6.42 Å². The van der Waals surface area contributed by atoms with Crippen LogP contribution in [0.25, 0.3) is 16.9 Å². The Hall–Kier alpha value is -3.20. The highest BCUT2D eigenvalue weighted by molar-refractivity contribution is 5.93. The van der Waals surface area contributed by atoms with Crippen LogP contribution in [0.15, 0.2) is 36.8 Å². The molecule has 0 bridgehead atoms. The lowest BCUT2D eigenvalue weighted by molar-refractivity contribution is 0.0735. The molecule has 28 heavy (non-hydrogen) atoms. The molecule has 1 fully saturated rings. The Morgan fingerprint density at radius 1 is 1.21 bits per heavy atom. The van der Waals surface area contributed by atoms with Crippen LogP contribution in [-0.4, -0.2) is 68.8 Å². The lowest BCUT2D eigenvalue weighted by atomic mass is 10.2. The van der Waals surface area contributed by atoms with Crippen LogP contribution in [0.1, 0.15) is 16.9 Å². The fourth-order valence-electron chi connectivity index (χ4n) is 3.17. The quantitative estimate of drug-likeness (QED) is 0.680. The molecule has 0 radical (unpaired) electrons. The zero-order valence-electron chi connectivity index (χ0n) is 15.9. The highest BCUT2D eigenvalue weighted by Crippen LogP contribution is 2.25. The summed E-state index contributed by atoms with van der Waals surface area (Å²) >= 11 is 0. The second-order valence-corrected chi connectivity index (χ2v) is 6.55. The highest BCUT2D eigenvalue weighted by Gasteiger charge is 2.23. The first-order valence-corrected chi connectivity index (χ1v) is 9.12. The van der Waals surface area contributed by atoms with Gasteiger partial charge < -0.3 is 14.4 Å². The van der Waals surface area contributed by atoms with Crippen molar-refractivity contribution in [3.8, 4) is 22.8 Å². The fraction of sp³-hybridized carbons (Fsp3) is 0.368. The lowest BCUT2D eigenvalue weighted by Crippen LogP contribution is -2.33. The van der Waals surface area contributed by atoms with Crippen molar-refractivity contribution in [1.29, 1.82) is 0 Å². The maximum absolute atomic E-state index is 13.0. The van der Waals surface area contributed by atoms with Crippen molar-refractivity contribution < 1.29 is 14.3 Å². The van der Waals surface area contributed by atoms with Crippen molar-refractivity contribution in [3.63, 3.8) is 0 Å². The van der Waals surface area contributed by atoms with Gasteiger partial charge in [0.25, 0.3) is 5.91 Å². The van der Waals surface area contributed by atoms with Crippen molar-refractivity contribution in [2.24, 2.45) is 7.05 Å². The number of carbonyl (C=O) groups is 1. The molecule has 0 spiro atoms. The molecular weight excluding hydrogens is 360 g/mol. The topological polar surface area (TPSA) is 87.3 Å². The number of rotatable bonds is 4. The summed E-state index contributed by atoms with van der Waals surface area (Å²) in [7, 11) is 3.42. The van der Waals surface area contributed by atoms with Gasteiger partial charge in [-0.2, -0.15) is 10.2 Å². The van der Waals surface area contributed by atoms with Gasteiger partial charge in [0.1, 0.15) is 0 Å². The SMILES string of the molecule is COc1ccc(-n2nc(C(=O)N3CCCOCC3)cc2-c2cnn(C)c2)cn1. The zero-order chi connectivity index (χ0) is 19.5. The second kappa shape index (κ2) is 7.81. The van der Waals surface area contributed by atoms with E-state index in [4.69, 9.17) is 9.47 Å². The molecule has 4 heterocycles. The average molecular weight is 382 g/mol. The number of nitrogens with zero attached hydrogens (tertiary/aromatic N) is 6. The summed E-state index contributed by atoms with van der Waals surface area (Å²) in [5, 5.41) is 8.83. The van der Waals surface area contributed by atoms with Gasteiger partial charge in [-0.3, -0.25) is 9.48 Å². The largest absolute Gasteiger partial charge is 0.481 e. The van der Waals surface area contributed by atoms with Crippen LogP contribution in [0, 0.1) is 0 Å². The standard InChI is InChI=1S/C19H22N6O3/c1-23-13-14(11-21-23)17-10-16(19(26)24-6-3-8-28-9-7-24)22-25(17)15-4-5-18(27-2)20-12-15/h4-5,10-13H,3,6-9H2,1-2H3. The van der Waals surface area contributed by atoms with E-state index in [9.17, 15) is 4.79 Å². The van der Waals surface area contributed by atoms with Gasteiger partial charge in [0.05, 0.1) is 37.5 Å². The number of pyridine rings is 1. The summed E-state index contributed by atoms with van der Waals surface area (Å²) in [6.45, 7) is 2.46. The number of hydrogen-bond acceptors (Lipinski definition) is 6. The Morgan fingerprint density at radius 2 is 2.11 bits per heavy atom. The summed E-state index contributed by atoms with van der Waals surface area (Å²) in [5.41, 5.74) is 2.76. The van der Waals surface area contributed by atoms with Crippen LogP contribution >= 0.6 is 0 Å². The first-order valence-electron chi connectivity index (χ1n) is 9.12. The van der Waals surface area contributed by atoms with Gasteiger partial charge >= 0.3 is 0 Å². The first-order chi connectivity index (χ1) is 13.7. The molecule has 9 nitrogen and oxygen atoms in total. The summed E-state index contributed by atoms with van der Waals surface area (Å²) < 4.78 is 14.0. The molecule has 0 aromatic carbocycles. The minimum Gasteiger partial charge on any atom is -0.481 e.